The number of carbonyl (C=O) groups is 1. The molecule has 0 fully saturated rings. The summed E-state index contributed by atoms with van der Waals surface area (Å²) >= 11 is 9.71. The van der Waals surface area contributed by atoms with E-state index in [4.69, 9.17) is 16.1 Å². The van der Waals surface area contributed by atoms with Gasteiger partial charge in [-0.1, -0.05) is 28.9 Å². The minimum absolute atomic E-state index is 0.146. The number of hydrogen-bond donors (Lipinski definition) is 1. The van der Waals surface area contributed by atoms with E-state index in [0.29, 0.717) is 4.68 Å². The number of alkyl halides is 3. The van der Waals surface area contributed by atoms with Crippen molar-refractivity contribution in [3.8, 4) is 28.3 Å². The highest BCUT2D eigenvalue weighted by atomic mass is 35.5. The molecule has 0 unspecified atom stereocenters. The van der Waals surface area contributed by atoms with Crippen LogP contribution in [0.1, 0.15) is 16.1 Å². The fraction of sp³-hybridized carbons (Fsp3) is 0.0500. The molecule has 0 saturated carbocycles. The maximum Gasteiger partial charge on any atom is 0.434 e. The van der Waals surface area contributed by atoms with E-state index in [1.807, 2.05) is 0 Å². The molecule has 0 aliphatic carbocycles. The molecule has 2 aromatic carbocycles. The van der Waals surface area contributed by atoms with E-state index < -0.39 is 51.2 Å². The molecule has 32 heavy (non-hydrogen) atoms. The lowest BCUT2D eigenvalue weighted by Crippen LogP contribution is -2.15. The summed E-state index contributed by atoms with van der Waals surface area (Å²) in [7, 11) is 0. The van der Waals surface area contributed by atoms with E-state index in [0.717, 1.165) is 24.4 Å². The van der Waals surface area contributed by atoms with Crippen LogP contribution in [0.2, 0.25) is 5.02 Å². The maximum atomic E-state index is 14.4. The van der Waals surface area contributed by atoms with Crippen LogP contribution in [0.5, 0.6) is 0 Å². The number of carbonyl (C=O) groups excluding carboxylic acids is 1. The van der Waals surface area contributed by atoms with Crippen molar-refractivity contribution in [1.82, 2.24) is 14.9 Å². The van der Waals surface area contributed by atoms with Crippen molar-refractivity contribution in [2.45, 2.75) is 6.18 Å². The van der Waals surface area contributed by atoms with E-state index in [1.54, 1.807) is 0 Å². The standard InChI is InChI=1S/C20H9ClF5N3O2S/c21-12-5-2-6-13(23)14(12)16-15(19(30)32)17(31-28-16)11-8-27-29(18(11)20(24,25)26)10-4-1-3-9(22)7-10/h1-8H,(H,30,32). The van der Waals surface area contributed by atoms with Crippen LogP contribution in [0.15, 0.2) is 53.2 Å². The first kappa shape index (κ1) is 22.0. The van der Waals surface area contributed by atoms with Crippen LogP contribution < -0.4 is 0 Å². The molecule has 2 heterocycles. The molecular formula is C20H9ClF5N3O2S. The third-order valence-electron chi connectivity index (χ3n) is 4.44. The summed E-state index contributed by atoms with van der Waals surface area (Å²) < 4.78 is 75.5. The van der Waals surface area contributed by atoms with Crippen molar-refractivity contribution in [3.05, 3.63) is 76.6 Å². The lowest BCUT2D eigenvalue weighted by Gasteiger charge is -2.12. The minimum atomic E-state index is -5.00. The Morgan fingerprint density at radius 1 is 1.12 bits per heavy atom. The first-order valence-corrected chi connectivity index (χ1v) is 9.51. The summed E-state index contributed by atoms with van der Waals surface area (Å²) in [5.41, 5.74) is -3.56. The predicted molar refractivity (Wildman–Crippen MR) is 108 cm³/mol. The van der Waals surface area contributed by atoms with E-state index in [1.165, 1.54) is 24.3 Å². The van der Waals surface area contributed by atoms with Gasteiger partial charge in [0.2, 0.25) is 5.12 Å². The van der Waals surface area contributed by atoms with Crippen LogP contribution >= 0.6 is 24.2 Å². The molecule has 12 heteroatoms. The third kappa shape index (κ3) is 3.78. The van der Waals surface area contributed by atoms with Crippen molar-refractivity contribution >= 4 is 29.3 Å². The molecule has 0 bridgehead atoms. The summed E-state index contributed by atoms with van der Waals surface area (Å²) in [5, 5.41) is 6.10. The highest BCUT2D eigenvalue weighted by Gasteiger charge is 2.41. The largest absolute Gasteiger partial charge is 0.434 e. The van der Waals surface area contributed by atoms with Gasteiger partial charge in [0.15, 0.2) is 11.5 Å². The Morgan fingerprint density at radius 3 is 2.47 bits per heavy atom. The summed E-state index contributed by atoms with van der Waals surface area (Å²) in [5.74, 6) is -2.30. The molecule has 0 saturated heterocycles. The van der Waals surface area contributed by atoms with Gasteiger partial charge in [-0.2, -0.15) is 18.3 Å². The van der Waals surface area contributed by atoms with E-state index >= 15 is 0 Å². The number of aromatic nitrogens is 3. The van der Waals surface area contributed by atoms with Gasteiger partial charge >= 0.3 is 6.18 Å². The van der Waals surface area contributed by atoms with Crippen LogP contribution in [0.3, 0.4) is 0 Å². The Morgan fingerprint density at radius 2 is 1.84 bits per heavy atom. The average molecular weight is 486 g/mol. The van der Waals surface area contributed by atoms with Gasteiger partial charge < -0.3 is 4.52 Å². The lowest BCUT2D eigenvalue weighted by molar-refractivity contribution is -0.142. The Labute approximate surface area is 186 Å². The Kier molecular flexibility index (Phi) is 5.55. The molecule has 2 aromatic heterocycles. The zero-order valence-electron chi connectivity index (χ0n) is 15.5. The molecule has 0 N–H and O–H groups in total. The smallest absolute Gasteiger partial charge is 0.355 e. The lowest BCUT2D eigenvalue weighted by atomic mass is 10.0. The Balaban J connectivity index is 2.00. The van der Waals surface area contributed by atoms with Crippen LogP contribution in [0.25, 0.3) is 28.3 Å². The van der Waals surface area contributed by atoms with Gasteiger partial charge in [0.25, 0.3) is 0 Å². The van der Waals surface area contributed by atoms with Crippen molar-refractivity contribution in [2.24, 2.45) is 0 Å². The van der Waals surface area contributed by atoms with Crippen molar-refractivity contribution in [1.29, 1.82) is 0 Å². The second kappa shape index (κ2) is 8.06. The summed E-state index contributed by atoms with van der Waals surface area (Å²) in [6, 6.07) is 7.97. The van der Waals surface area contributed by atoms with Crippen molar-refractivity contribution in [2.75, 3.05) is 0 Å². The van der Waals surface area contributed by atoms with Crippen molar-refractivity contribution < 1.29 is 31.3 Å². The zero-order chi connectivity index (χ0) is 23.2. The first-order valence-electron chi connectivity index (χ1n) is 8.68. The van der Waals surface area contributed by atoms with Crippen molar-refractivity contribution in [3.63, 3.8) is 0 Å². The summed E-state index contributed by atoms with van der Waals surface area (Å²) in [4.78, 5) is 12.2. The molecule has 0 atom stereocenters. The Hall–Kier alpha value is -3.18. The summed E-state index contributed by atoms with van der Waals surface area (Å²) in [6.45, 7) is 0. The van der Waals surface area contributed by atoms with Gasteiger partial charge in [0, 0.05) is 0 Å². The third-order valence-corrected chi connectivity index (χ3v) is 4.98. The van der Waals surface area contributed by atoms with E-state index in [2.05, 4.69) is 22.9 Å². The quantitative estimate of drug-likeness (QED) is 0.275. The molecule has 0 aliphatic heterocycles. The fourth-order valence-electron chi connectivity index (χ4n) is 3.16. The molecule has 164 valence electrons. The fourth-order valence-corrected chi connectivity index (χ4v) is 3.62. The van der Waals surface area contributed by atoms with Gasteiger partial charge in [-0.15, -0.1) is 12.6 Å². The maximum absolute atomic E-state index is 14.4. The van der Waals surface area contributed by atoms with Gasteiger partial charge in [-0.05, 0) is 30.3 Å². The van der Waals surface area contributed by atoms with Gasteiger partial charge in [-0.25, -0.2) is 13.5 Å². The molecule has 5 nitrogen and oxygen atoms in total. The first-order chi connectivity index (χ1) is 15.1. The molecule has 4 rings (SSSR count). The summed E-state index contributed by atoms with van der Waals surface area (Å²) in [6.07, 6.45) is -4.22. The van der Waals surface area contributed by atoms with Crippen LogP contribution in [-0.2, 0) is 6.18 Å². The number of halogens is 6. The zero-order valence-corrected chi connectivity index (χ0v) is 17.1. The second-order valence-corrected chi connectivity index (χ2v) is 7.25. The molecule has 0 radical (unpaired) electrons. The Bertz CT molecular complexity index is 1330. The topological polar surface area (TPSA) is 60.9 Å². The van der Waals surface area contributed by atoms with E-state index in [9.17, 15) is 26.7 Å². The number of benzene rings is 2. The number of hydrogen-bond acceptors (Lipinski definition) is 4. The number of thiol groups is 1. The number of nitrogens with zero attached hydrogens (tertiary/aromatic N) is 3. The van der Waals surface area contributed by atoms with Gasteiger partial charge in [0.05, 0.1) is 28.0 Å². The van der Waals surface area contributed by atoms with Crippen LogP contribution in [-0.4, -0.2) is 20.1 Å². The van der Waals surface area contributed by atoms with Gasteiger partial charge in [0.1, 0.15) is 22.9 Å². The molecule has 4 aromatic rings. The molecular weight excluding hydrogens is 477 g/mol. The van der Waals surface area contributed by atoms with Crippen LogP contribution in [0.4, 0.5) is 22.0 Å². The minimum Gasteiger partial charge on any atom is -0.355 e. The highest BCUT2D eigenvalue weighted by molar-refractivity contribution is 7.97. The monoisotopic (exact) mass is 485 g/mol. The molecule has 0 amide bonds. The SMILES string of the molecule is O=C(S)c1c(-c2c(F)cccc2Cl)noc1-c1cnn(-c2cccc(F)c2)c1C(F)(F)F. The second-order valence-electron chi connectivity index (χ2n) is 6.43. The molecule has 0 aliphatic rings. The normalized spacial score (nSPS) is 11.7. The van der Waals surface area contributed by atoms with Crippen LogP contribution in [0, 0.1) is 11.6 Å². The number of rotatable bonds is 4. The molecule has 0 spiro atoms. The average Bonchev–Trinajstić information content (AvgIpc) is 3.32. The highest BCUT2D eigenvalue weighted by Crippen LogP contribution is 2.43. The predicted octanol–water partition coefficient (Wildman–Crippen LogP) is 6.21. The van der Waals surface area contributed by atoms with Gasteiger partial charge in [-0.3, -0.25) is 4.79 Å². The van der Waals surface area contributed by atoms with E-state index in [-0.39, 0.29) is 16.3 Å².